The van der Waals surface area contributed by atoms with Gasteiger partial charge in [0.25, 0.3) is 0 Å². The molecule has 6 heteroatoms. The van der Waals surface area contributed by atoms with Crippen molar-refractivity contribution in [2.75, 3.05) is 6.61 Å². The van der Waals surface area contributed by atoms with Gasteiger partial charge in [-0.3, -0.25) is 4.79 Å². The molecule has 0 aromatic heterocycles. The highest BCUT2D eigenvalue weighted by atomic mass is 79.9. The van der Waals surface area contributed by atoms with Crippen molar-refractivity contribution >= 4 is 45.1 Å². The Labute approximate surface area is 153 Å². The predicted molar refractivity (Wildman–Crippen MR) is 95.7 cm³/mol. The zero-order chi connectivity index (χ0) is 16.8. The van der Waals surface area contributed by atoms with E-state index >= 15 is 0 Å². The lowest BCUT2D eigenvalue weighted by molar-refractivity contribution is -0.134. The number of carbonyl (C=O) groups excluding carboxylic acids is 1. The Bertz CT molecular complexity index is 704. The van der Waals surface area contributed by atoms with Gasteiger partial charge >= 0.3 is 5.97 Å². The lowest BCUT2D eigenvalue weighted by Crippen LogP contribution is -2.10. The Morgan fingerprint density at radius 1 is 1.13 bits per heavy atom. The number of ether oxygens (including phenoxy) is 2. The summed E-state index contributed by atoms with van der Waals surface area (Å²) in [5, 5.41) is 0.998. The third-order valence-corrected chi connectivity index (χ3v) is 4.14. The number of aryl methyl sites for hydroxylation is 1. The third kappa shape index (κ3) is 5.72. The van der Waals surface area contributed by atoms with Crippen LogP contribution in [0.15, 0.2) is 40.9 Å². The molecule has 0 atom stereocenters. The molecule has 2 aromatic carbocycles. The molecule has 122 valence electrons. The average molecular weight is 418 g/mol. The summed E-state index contributed by atoms with van der Waals surface area (Å²) in [7, 11) is 0. The Balaban J connectivity index is 1.76. The molecule has 0 fully saturated rings. The summed E-state index contributed by atoms with van der Waals surface area (Å²) in [6, 6.07) is 10.6. The fraction of sp³-hybridized carbons (Fsp3) is 0.235. The third-order valence-electron chi connectivity index (χ3n) is 2.99. The van der Waals surface area contributed by atoms with E-state index in [0.717, 1.165) is 10.0 Å². The fourth-order valence-electron chi connectivity index (χ4n) is 1.85. The smallest absolute Gasteiger partial charge is 0.311 e. The summed E-state index contributed by atoms with van der Waals surface area (Å²) < 4.78 is 11.6. The van der Waals surface area contributed by atoms with Gasteiger partial charge in [0.1, 0.15) is 11.5 Å². The predicted octanol–water partition coefficient (Wildman–Crippen LogP) is 5.83. The fourth-order valence-corrected chi connectivity index (χ4v) is 2.89. The maximum Gasteiger partial charge on any atom is 0.311 e. The summed E-state index contributed by atoms with van der Waals surface area (Å²) in [6.07, 6.45) is 0.785. The van der Waals surface area contributed by atoms with Crippen LogP contribution in [-0.2, 0) is 4.79 Å². The molecular weight excluding hydrogens is 403 g/mol. The van der Waals surface area contributed by atoms with Crippen molar-refractivity contribution in [1.82, 2.24) is 0 Å². The molecule has 0 heterocycles. The number of benzene rings is 2. The van der Waals surface area contributed by atoms with Crippen molar-refractivity contribution in [2.45, 2.75) is 19.8 Å². The van der Waals surface area contributed by atoms with E-state index in [1.54, 1.807) is 24.3 Å². The highest BCUT2D eigenvalue weighted by Gasteiger charge is 2.09. The molecule has 2 rings (SSSR count). The number of hydrogen-bond donors (Lipinski definition) is 0. The van der Waals surface area contributed by atoms with Crippen LogP contribution in [0.2, 0.25) is 10.0 Å². The molecule has 0 aliphatic carbocycles. The average Bonchev–Trinajstić information content (AvgIpc) is 2.48. The topological polar surface area (TPSA) is 35.5 Å². The molecule has 0 saturated heterocycles. The number of carbonyl (C=O) groups is 1. The van der Waals surface area contributed by atoms with Gasteiger partial charge in [-0.15, -0.1) is 0 Å². The number of rotatable bonds is 6. The molecule has 0 unspecified atom stereocenters. The minimum atomic E-state index is -0.305. The van der Waals surface area contributed by atoms with Crippen LogP contribution in [0.1, 0.15) is 18.4 Å². The lowest BCUT2D eigenvalue weighted by atomic mass is 10.2. The summed E-state index contributed by atoms with van der Waals surface area (Å²) in [6.45, 7) is 2.33. The first-order chi connectivity index (χ1) is 11.0. The molecule has 0 spiro atoms. The zero-order valence-corrected chi connectivity index (χ0v) is 15.5. The first kappa shape index (κ1) is 18.1. The lowest BCUT2D eigenvalue weighted by Gasteiger charge is -2.09. The highest BCUT2D eigenvalue weighted by molar-refractivity contribution is 9.10. The monoisotopic (exact) mass is 416 g/mol. The van der Waals surface area contributed by atoms with Gasteiger partial charge in [0.2, 0.25) is 0 Å². The van der Waals surface area contributed by atoms with Gasteiger partial charge < -0.3 is 9.47 Å². The van der Waals surface area contributed by atoms with Gasteiger partial charge in [0.05, 0.1) is 16.1 Å². The van der Waals surface area contributed by atoms with E-state index in [-0.39, 0.29) is 12.4 Å². The van der Waals surface area contributed by atoms with Crippen molar-refractivity contribution < 1.29 is 14.3 Å². The van der Waals surface area contributed by atoms with Gasteiger partial charge in [-0.1, -0.05) is 29.3 Å². The van der Waals surface area contributed by atoms with Crippen LogP contribution in [0.25, 0.3) is 0 Å². The van der Waals surface area contributed by atoms with Crippen LogP contribution in [0.3, 0.4) is 0 Å². The van der Waals surface area contributed by atoms with E-state index in [2.05, 4.69) is 15.9 Å². The minimum absolute atomic E-state index is 0.255. The van der Waals surface area contributed by atoms with E-state index in [9.17, 15) is 4.79 Å². The highest BCUT2D eigenvalue weighted by Crippen LogP contribution is 2.28. The van der Waals surface area contributed by atoms with Gasteiger partial charge in [0.15, 0.2) is 0 Å². The molecule has 0 radical (unpaired) electrons. The van der Waals surface area contributed by atoms with Crippen molar-refractivity contribution in [3.63, 3.8) is 0 Å². The number of esters is 1. The molecule has 0 bridgehead atoms. The second kappa shape index (κ2) is 8.57. The first-order valence-corrected chi connectivity index (χ1v) is 8.55. The largest absolute Gasteiger partial charge is 0.492 e. The second-order valence-electron chi connectivity index (χ2n) is 4.93. The van der Waals surface area contributed by atoms with Crippen LogP contribution in [-0.4, -0.2) is 12.6 Å². The minimum Gasteiger partial charge on any atom is -0.492 e. The van der Waals surface area contributed by atoms with Crippen molar-refractivity contribution in [3.8, 4) is 11.5 Å². The molecule has 3 nitrogen and oxygen atoms in total. The SMILES string of the molecule is Cc1ccc(OC(=O)CCCOc2ccc(Cl)cc2Cl)c(Br)c1. The molecule has 0 aliphatic rings. The quantitative estimate of drug-likeness (QED) is 0.337. The van der Waals surface area contributed by atoms with Crippen LogP contribution in [0.5, 0.6) is 11.5 Å². The Morgan fingerprint density at radius 3 is 2.57 bits per heavy atom. The maximum atomic E-state index is 11.8. The molecular formula is C17H15BrCl2O3. The van der Waals surface area contributed by atoms with Crippen LogP contribution in [0, 0.1) is 6.92 Å². The number of hydrogen-bond acceptors (Lipinski definition) is 3. The summed E-state index contributed by atoms with van der Waals surface area (Å²) in [5.41, 5.74) is 1.09. The van der Waals surface area contributed by atoms with E-state index in [4.69, 9.17) is 32.7 Å². The van der Waals surface area contributed by atoms with Crippen LogP contribution in [0.4, 0.5) is 0 Å². The summed E-state index contributed by atoms with van der Waals surface area (Å²) >= 11 is 15.2. The van der Waals surface area contributed by atoms with E-state index in [1.165, 1.54) is 0 Å². The number of halogens is 3. The standard InChI is InChI=1S/C17H15BrCl2O3/c1-11-4-6-15(13(18)9-11)23-17(21)3-2-8-22-16-7-5-12(19)10-14(16)20/h4-7,9-10H,2-3,8H2,1H3. The van der Waals surface area contributed by atoms with Crippen LogP contribution >= 0.6 is 39.1 Å². The summed E-state index contributed by atoms with van der Waals surface area (Å²) in [4.78, 5) is 11.8. The van der Waals surface area contributed by atoms with Gasteiger partial charge in [-0.25, -0.2) is 0 Å². The first-order valence-electron chi connectivity index (χ1n) is 7.00. The second-order valence-corrected chi connectivity index (χ2v) is 6.63. The molecule has 0 saturated carbocycles. The Kier molecular flexibility index (Phi) is 6.75. The van der Waals surface area contributed by atoms with Crippen molar-refractivity contribution in [1.29, 1.82) is 0 Å². The molecule has 0 N–H and O–H groups in total. The van der Waals surface area contributed by atoms with Gasteiger partial charge in [-0.2, -0.15) is 0 Å². The maximum absolute atomic E-state index is 11.8. The van der Waals surface area contributed by atoms with Crippen molar-refractivity contribution in [3.05, 3.63) is 56.5 Å². The molecule has 23 heavy (non-hydrogen) atoms. The van der Waals surface area contributed by atoms with Crippen molar-refractivity contribution in [2.24, 2.45) is 0 Å². The Morgan fingerprint density at radius 2 is 1.87 bits per heavy atom. The van der Waals surface area contributed by atoms with E-state index < -0.39 is 0 Å². The molecule has 0 aliphatic heterocycles. The van der Waals surface area contributed by atoms with E-state index in [0.29, 0.717) is 34.6 Å². The summed E-state index contributed by atoms with van der Waals surface area (Å²) in [5.74, 6) is 0.758. The Hall–Kier alpha value is -1.23. The normalized spacial score (nSPS) is 10.4. The van der Waals surface area contributed by atoms with Gasteiger partial charge in [-0.05, 0) is 65.2 Å². The van der Waals surface area contributed by atoms with E-state index in [1.807, 2.05) is 19.1 Å². The molecule has 2 aromatic rings. The van der Waals surface area contributed by atoms with Gasteiger partial charge in [0, 0.05) is 11.4 Å². The van der Waals surface area contributed by atoms with Crippen LogP contribution < -0.4 is 9.47 Å². The molecule has 0 amide bonds. The zero-order valence-electron chi connectivity index (χ0n) is 12.4.